The molecule has 0 amide bonds. The first-order chi connectivity index (χ1) is 17.0. The van der Waals surface area contributed by atoms with Crippen LogP contribution >= 0.6 is 0 Å². The average molecular weight is 464 g/mol. The van der Waals surface area contributed by atoms with Crippen LogP contribution in [0, 0.1) is 5.41 Å². The number of para-hydroxylation sites is 2. The van der Waals surface area contributed by atoms with Crippen molar-refractivity contribution >= 4 is 29.1 Å². The molecule has 3 aliphatic rings. The van der Waals surface area contributed by atoms with Gasteiger partial charge in [-0.15, -0.1) is 0 Å². The quantitative estimate of drug-likeness (QED) is 0.504. The lowest BCUT2D eigenvalue weighted by molar-refractivity contribution is -0.118. The van der Waals surface area contributed by atoms with Gasteiger partial charge in [-0.1, -0.05) is 72.8 Å². The molecule has 1 spiro atoms. The van der Waals surface area contributed by atoms with Crippen molar-refractivity contribution in [2.75, 3.05) is 11.5 Å². The summed E-state index contributed by atoms with van der Waals surface area (Å²) in [6.45, 7) is 3.88. The highest BCUT2D eigenvalue weighted by Gasteiger charge is 2.71. The summed E-state index contributed by atoms with van der Waals surface area (Å²) in [7, 11) is 0. The Kier molecular flexibility index (Phi) is 4.78. The lowest BCUT2D eigenvalue weighted by Crippen LogP contribution is -2.48. The van der Waals surface area contributed by atoms with Crippen LogP contribution in [0.1, 0.15) is 51.6 Å². The molecule has 1 saturated heterocycles. The molecule has 2 heterocycles. The van der Waals surface area contributed by atoms with Gasteiger partial charge in [0.25, 0.3) is 0 Å². The Hall–Kier alpha value is -3.99. The van der Waals surface area contributed by atoms with E-state index in [0.29, 0.717) is 29.0 Å². The number of hydrogen-bond acceptors (Lipinski definition) is 5. The predicted molar refractivity (Wildman–Crippen MR) is 134 cm³/mol. The summed E-state index contributed by atoms with van der Waals surface area (Å²) < 4.78 is 5.98. The number of fused-ring (bicyclic) bond motifs is 5. The molecule has 0 unspecified atom stereocenters. The van der Waals surface area contributed by atoms with E-state index < -0.39 is 23.4 Å². The zero-order chi connectivity index (χ0) is 24.3. The van der Waals surface area contributed by atoms with Crippen molar-refractivity contribution in [2.45, 2.75) is 31.8 Å². The molecule has 35 heavy (non-hydrogen) atoms. The number of hydrogen-bond donors (Lipinski definition) is 0. The number of benzene rings is 3. The molecule has 0 N–H and O–H groups in total. The maximum atomic E-state index is 14.4. The lowest BCUT2D eigenvalue weighted by atomic mass is 9.64. The second-order valence-corrected chi connectivity index (χ2v) is 9.35. The van der Waals surface area contributed by atoms with E-state index in [1.54, 1.807) is 31.2 Å². The number of Topliss-reactive ketones (excluding diaryl/α,β-unsaturated/α-hetero) is 3. The lowest BCUT2D eigenvalue weighted by Gasteiger charge is -2.37. The fraction of sp³-hybridized carbons (Fsp3) is 0.233. The summed E-state index contributed by atoms with van der Waals surface area (Å²) in [5, 5.41) is 0. The van der Waals surface area contributed by atoms with Gasteiger partial charge in [0.2, 0.25) is 0 Å². The standard InChI is InChI=1S/C30H25NO4/c1-3-35-24-15-9-7-13-22(24)26-27(18(2)32)31-23-14-8-4-10-19(23)16-17-25(31)30(26)28(33)20-11-5-6-12-21(20)29(30)34/h4-17,25-27H,3H2,1-2H3/t25-,26-,27-/m1/s1. The third-order valence-corrected chi connectivity index (χ3v) is 7.68. The van der Waals surface area contributed by atoms with Gasteiger partial charge in [0.15, 0.2) is 17.3 Å². The van der Waals surface area contributed by atoms with Crippen molar-refractivity contribution in [1.29, 1.82) is 0 Å². The molecule has 3 aromatic carbocycles. The summed E-state index contributed by atoms with van der Waals surface area (Å²) in [6.07, 6.45) is 3.90. The molecule has 2 aliphatic heterocycles. The molecule has 1 aliphatic carbocycles. The Morgan fingerprint density at radius 1 is 0.914 bits per heavy atom. The third-order valence-electron chi connectivity index (χ3n) is 7.68. The van der Waals surface area contributed by atoms with Gasteiger partial charge < -0.3 is 9.64 Å². The molecule has 174 valence electrons. The topological polar surface area (TPSA) is 63.7 Å². The van der Waals surface area contributed by atoms with Crippen LogP contribution in [0.15, 0.2) is 78.9 Å². The SMILES string of the molecule is CCOc1ccccc1[C@@H]1[C@@H](C(C)=O)N2c3ccccc3C=C[C@@H]2C12C(=O)c1ccccc1C2=O. The van der Waals surface area contributed by atoms with Crippen molar-refractivity contribution in [3.05, 3.63) is 101 Å². The summed E-state index contributed by atoms with van der Waals surface area (Å²) in [6, 6.07) is 21.0. The fourth-order valence-corrected chi connectivity index (χ4v) is 6.44. The number of nitrogens with zero attached hydrogens (tertiary/aromatic N) is 1. The molecular weight excluding hydrogens is 438 g/mol. The largest absolute Gasteiger partial charge is 0.494 e. The molecule has 3 aromatic rings. The van der Waals surface area contributed by atoms with Gasteiger partial charge in [-0.25, -0.2) is 0 Å². The second-order valence-electron chi connectivity index (χ2n) is 9.35. The first-order valence-electron chi connectivity index (χ1n) is 12.0. The van der Waals surface area contributed by atoms with E-state index in [-0.39, 0.29) is 17.3 Å². The Morgan fingerprint density at radius 3 is 2.23 bits per heavy atom. The van der Waals surface area contributed by atoms with Crippen LogP contribution < -0.4 is 9.64 Å². The van der Waals surface area contributed by atoms with Crippen LogP contribution in [0.25, 0.3) is 6.08 Å². The highest BCUT2D eigenvalue weighted by atomic mass is 16.5. The zero-order valence-electron chi connectivity index (χ0n) is 19.6. The first-order valence-corrected chi connectivity index (χ1v) is 12.0. The minimum atomic E-state index is -1.47. The Bertz CT molecular complexity index is 1390. The van der Waals surface area contributed by atoms with E-state index in [1.807, 2.05) is 72.5 Å². The number of carbonyl (C=O) groups excluding carboxylic acids is 3. The second kappa shape index (κ2) is 7.77. The number of ketones is 3. The van der Waals surface area contributed by atoms with Crippen LogP contribution in [-0.4, -0.2) is 36.0 Å². The van der Waals surface area contributed by atoms with E-state index in [0.717, 1.165) is 11.3 Å². The van der Waals surface area contributed by atoms with E-state index in [1.165, 1.54) is 0 Å². The monoisotopic (exact) mass is 463 g/mol. The Labute approximate surface area is 204 Å². The van der Waals surface area contributed by atoms with Crippen LogP contribution in [0.5, 0.6) is 5.75 Å². The van der Waals surface area contributed by atoms with E-state index in [9.17, 15) is 14.4 Å². The smallest absolute Gasteiger partial charge is 0.180 e. The number of rotatable bonds is 4. The number of anilines is 1. The van der Waals surface area contributed by atoms with Crippen molar-refractivity contribution in [1.82, 2.24) is 0 Å². The minimum Gasteiger partial charge on any atom is -0.494 e. The Balaban J connectivity index is 1.69. The molecule has 0 aromatic heterocycles. The molecule has 0 bridgehead atoms. The van der Waals surface area contributed by atoms with Gasteiger partial charge in [0.05, 0.1) is 18.7 Å². The summed E-state index contributed by atoms with van der Waals surface area (Å²) in [5.41, 5.74) is 1.90. The molecular formula is C30H25NO4. The highest BCUT2D eigenvalue weighted by molar-refractivity contribution is 6.32. The van der Waals surface area contributed by atoms with Crippen molar-refractivity contribution in [3.63, 3.8) is 0 Å². The van der Waals surface area contributed by atoms with E-state index >= 15 is 0 Å². The molecule has 5 heteroatoms. The van der Waals surface area contributed by atoms with Crippen LogP contribution in [0.4, 0.5) is 5.69 Å². The molecule has 0 radical (unpaired) electrons. The van der Waals surface area contributed by atoms with Crippen LogP contribution in [0.2, 0.25) is 0 Å². The molecule has 0 saturated carbocycles. The van der Waals surface area contributed by atoms with E-state index in [4.69, 9.17) is 4.74 Å². The zero-order valence-corrected chi connectivity index (χ0v) is 19.6. The van der Waals surface area contributed by atoms with Gasteiger partial charge >= 0.3 is 0 Å². The molecule has 5 nitrogen and oxygen atoms in total. The van der Waals surface area contributed by atoms with Gasteiger partial charge in [0, 0.05) is 28.3 Å². The fourth-order valence-electron chi connectivity index (χ4n) is 6.44. The van der Waals surface area contributed by atoms with Gasteiger partial charge in [-0.05, 0) is 31.5 Å². The average Bonchev–Trinajstić information content (AvgIpc) is 3.31. The van der Waals surface area contributed by atoms with Gasteiger partial charge in [-0.3, -0.25) is 14.4 Å². The van der Waals surface area contributed by atoms with Crippen molar-refractivity contribution in [3.8, 4) is 5.75 Å². The summed E-state index contributed by atoms with van der Waals surface area (Å²) in [5.74, 6) is -0.658. The van der Waals surface area contributed by atoms with Crippen LogP contribution in [0.3, 0.4) is 0 Å². The molecule has 3 atom stereocenters. The number of carbonyl (C=O) groups is 3. The van der Waals surface area contributed by atoms with Gasteiger partial charge in [-0.2, -0.15) is 0 Å². The predicted octanol–water partition coefficient (Wildman–Crippen LogP) is 5.11. The molecule has 1 fully saturated rings. The highest BCUT2D eigenvalue weighted by Crippen LogP contribution is 2.61. The van der Waals surface area contributed by atoms with Gasteiger partial charge in [0.1, 0.15) is 11.2 Å². The summed E-state index contributed by atoms with van der Waals surface area (Å²) in [4.78, 5) is 44.2. The van der Waals surface area contributed by atoms with E-state index in [2.05, 4.69) is 0 Å². The maximum Gasteiger partial charge on any atom is 0.180 e. The maximum absolute atomic E-state index is 14.4. The Morgan fingerprint density at radius 2 is 1.54 bits per heavy atom. The summed E-state index contributed by atoms with van der Waals surface area (Å²) >= 11 is 0. The molecule has 6 rings (SSSR count). The normalized spacial score (nSPS) is 23.3. The van der Waals surface area contributed by atoms with Crippen molar-refractivity contribution in [2.24, 2.45) is 5.41 Å². The van der Waals surface area contributed by atoms with Crippen LogP contribution in [-0.2, 0) is 4.79 Å². The number of ether oxygens (including phenoxy) is 1. The first kappa shape index (κ1) is 21.5. The van der Waals surface area contributed by atoms with Crippen molar-refractivity contribution < 1.29 is 19.1 Å². The third kappa shape index (κ3) is 2.72. The minimum absolute atomic E-state index is 0.0927.